The van der Waals surface area contributed by atoms with Crippen LogP contribution < -0.4 is 5.32 Å². The number of hydrogen-bond donors (Lipinski definition) is 1. The summed E-state index contributed by atoms with van der Waals surface area (Å²) in [5.74, 6) is -0.115. The maximum Gasteiger partial charge on any atom is 0.419 e. The number of nitrogens with zero attached hydrogens (tertiary/aromatic N) is 1. The van der Waals surface area contributed by atoms with E-state index in [0.717, 1.165) is 6.07 Å². The molecule has 1 N–H and O–H groups in total. The number of pyridine rings is 1. The molecule has 0 bridgehead atoms. The molecule has 0 saturated heterocycles. The van der Waals surface area contributed by atoms with E-state index in [9.17, 15) is 13.2 Å². The van der Waals surface area contributed by atoms with Crippen molar-refractivity contribution in [3.63, 3.8) is 0 Å². The molecule has 1 heterocycles. The van der Waals surface area contributed by atoms with Crippen LogP contribution in [-0.2, 0) is 10.9 Å². The first kappa shape index (κ1) is 14.6. The largest absolute Gasteiger partial charge is 0.419 e. The van der Waals surface area contributed by atoms with E-state index in [0.29, 0.717) is 23.9 Å². The number of hydrogen-bond acceptors (Lipinski definition) is 3. The normalized spacial score (nSPS) is 23.0. The SMILES string of the molecule is CCOC1CC(Nc2ncc(Br)cc2C(F)(F)F)C1. The summed E-state index contributed by atoms with van der Waals surface area (Å²) in [6.07, 6.45) is -1.49. The second-order valence-electron chi connectivity index (χ2n) is 4.44. The molecule has 0 unspecified atom stereocenters. The van der Waals surface area contributed by atoms with Gasteiger partial charge in [0.1, 0.15) is 5.82 Å². The van der Waals surface area contributed by atoms with E-state index < -0.39 is 11.7 Å². The molecule has 0 aromatic carbocycles. The van der Waals surface area contributed by atoms with Crippen LogP contribution in [0.25, 0.3) is 0 Å². The van der Waals surface area contributed by atoms with Crippen LogP contribution in [0.1, 0.15) is 25.3 Å². The number of nitrogens with one attached hydrogen (secondary N) is 1. The van der Waals surface area contributed by atoms with Gasteiger partial charge < -0.3 is 10.1 Å². The molecule has 0 radical (unpaired) electrons. The van der Waals surface area contributed by atoms with E-state index in [1.165, 1.54) is 6.20 Å². The highest BCUT2D eigenvalue weighted by Gasteiger charge is 2.37. The van der Waals surface area contributed by atoms with Crippen molar-refractivity contribution in [2.24, 2.45) is 0 Å². The average Bonchev–Trinajstić information content (AvgIpc) is 2.27. The lowest BCUT2D eigenvalue weighted by Gasteiger charge is -2.36. The maximum absolute atomic E-state index is 12.9. The Labute approximate surface area is 117 Å². The minimum absolute atomic E-state index is 0.00803. The Balaban J connectivity index is 2.05. The van der Waals surface area contributed by atoms with Gasteiger partial charge in [0.25, 0.3) is 0 Å². The molecule has 1 fully saturated rings. The monoisotopic (exact) mass is 338 g/mol. The second kappa shape index (κ2) is 5.66. The Bertz CT molecular complexity index is 447. The molecular weight excluding hydrogens is 325 g/mol. The van der Waals surface area contributed by atoms with E-state index in [1.54, 1.807) is 0 Å². The van der Waals surface area contributed by atoms with Crippen LogP contribution in [0, 0.1) is 0 Å². The van der Waals surface area contributed by atoms with Crippen LogP contribution in [0.2, 0.25) is 0 Å². The van der Waals surface area contributed by atoms with Crippen LogP contribution in [-0.4, -0.2) is 23.7 Å². The maximum atomic E-state index is 12.9. The molecule has 1 saturated carbocycles. The summed E-state index contributed by atoms with van der Waals surface area (Å²) < 4.78 is 44.3. The fourth-order valence-electron chi connectivity index (χ4n) is 2.02. The summed E-state index contributed by atoms with van der Waals surface area (Å²) >= 11 is 3.01. The van der Waals surface area contributed by atoms with Crippen LogP contribution in [0.5, 0.6) is 0 Å². The molecule has 106 valence electrons. The lowest BCUT2D eigenvalue weighted by Crippen LogP contribution is -2.41. The molecule has 0 aliphatic heterocycles. The van der Waals surface area contributed by atoms with Gasteiger partial charge in [-0.05, 0) is 41.8 Å². The fraction of sp³-hybridized carbons (Fsp3) is 0.583. The Kier molecular flexibility index (Phi) is 4.35. The highest BCUT2D eigenvalue weighted by Crippen LogP contribution is 2.37. The highest BCUT2D eigenvalue weighted by atomic mass is 79.9. The Morgan fingerprint density at radius 2 is 2.16 bits per heavy atom. The molecule has 1 aliphatic carbocycles. The first-order valence-corrected chi connectivity index (χ1v) is 6.80. The van der Waals surface area contributed by atoms with Crippen molar-refractivity contribution in [1.82, 2.24) is 4.98 Å². The molecule has 1 aromatic rings. The van der Waals surface area contributed by atoms with Crippen LogP contribution in [0.15, 0.2) is 16.7 Å². The van der Waals surface area contributed by atoms with Gasteiger partial charge >= 0.3 is 6.18 Å². The van der Waals surface area contributed by atoms with Gasteiger partial charge in [-0.1, -0.05) is 0 Å². The Hall–Kier alpha value is -0.820. The molecule has 3 nitrogen and oxygen atoms in total. The first-order valence-electron chi connectivity index (χ1n) is 6.01. The lowest BCUT2D eigenvalue weighted by molar-refractivity contribution is -0.137. The van der Waals surface area contributed by atoms with Crippen molar-refractivity contribution in [1.29, 1.82) is 0 Å². The summed E-state index contributed by atoms with van der Waals surface area (Å²) in [6, 6.07) is 1.03. The highest BCUT2D eigenvalue weighted by molar-refractivity contribution is 9.10. The van der Waals surface area contributed by atoms with E-state index in [-0.39, 0.29) is 18.0 Å². The van der Waals surface area contributed by atoms with E-state index in [2.05, 4.69) is 26.2 Å². The molecule has 0 atom stereocenters. The smallest absolute Gasteiger partial charge is 0.378 e. The second-order valence-corrected chi connectivity index (χ2v) is 5.35. The van der Waals surface area contributed by atoms with E-state index in [4.69, 9.17) is 4.74 Å². The fourth-order valence-corrected chi connectivity index (χ4v) is 2.35. The van der Waals surface area contributed by atoms with Gasteiger partial charge in [0.05, 0.1) is 11.7 Å². The summed E-state index contributed by atoms with van der Waals surface area (Å²) in [5, 5.41) is 2.84. The zero-order valence-electron chi connectivity index (χ0n) is 10.3. The van der Waals surface area contributed by atoms with Gasteiger partial charge in [0.15, 0.2) is 0 Å². The summed E-state index contributed by atoms with van der Waals surface area (Å²) in [6.45, 7) is 2.53. The van der Waals surface area contributed by atoms with Crippen molar-refractivity contribution in [3.8, 4) is 0 Å². The molecule has 19 heavy (non-hydrogen) atoms. The quantitative estimate of drug-likeness (QED) is 0.905. The standard InChI is InChI=1S/C12H14BrF3N2O/c1-2-19-9-4-8(5-9)18-11-10(12(14,15)16)3-7(13)6-17-11/h3,6,8-9H,2,4-5H2,1H3,(H,17,18). The number of halogens is 4. The predicted octanol–water partition coefficient (Wildman–Crippen LogP) is 3.84. The minimum atomic E-state index is -4.41. The first-order chi connectivity index (χ1) is 8.90. The van der Waals surface area contributed by atoms with Crippen LogP contribution in [0.4, 0.5) is 19.0 Å². The Morgan fingerprint density at radius 1 is 1.47 bits per heavy atom. The topological polar surface area (TPSA) is 34.1 Å². The number of ether oxygens (including phenoxy) is 1. The predicted molar refractivity (Wildman–Crippen MR) is 69.0 cm³/mol. The molecule has 0 spiro atoms. The molecule has 7 heteroatoms. The number of anilines is 1. The van der Waals surface area contributed by atoms with Gasteiger partial charge in [-0.3, -0.25) is 0 Å². The van der Waals surface area contributed by atoms with Crippen molar-refractivity contribution in [2.75, 3.05) is 11.9 Å². The number of aromatic nitrogens is 1. The molecule has 1 aliphatic rings. The zero-order valence-corrected chi connectivity index (χ0v) is 11.9. The number of rotatable bonds is 4. The summed E-state index contributed by atoms with van der Waals surface area (Å²) in [4.78, 5) is 3.82. The molecular formula is C12H14BrF3N2O. The van der Waals surface area contributed by atoms with Crippen LogP contribution >= 0.6 is 15.9 Å². The Morgan fingerprint density at radius 3 is 2.74 bits per heavy atom. The minimum Gasteiger partial charge on any atom is -0.378 e. The van der Waals surface area contributed by atoms with E-state index in [1.807, 2.05) is 6.92 Å². The summed E-state index contributed by atoms with van der Waals surface area (Å²) in [5.41, 5.74) is -0.748. The third-order valence-corrected chi connectivity index (χ3v) is 3.43. The third-order valence-electron chi connectivity index (χ3n) is 3.00. The molecule has 1 aromatic heterocycles. The van der Waals surface area contributed by atoms with Crippen molar-refractivity contribution < 1.29 is 17.9 Å². The van der Waals surface area contributed by atoms with Gasteiger partial charge in [-0.25, -0.2) is 4.98 Å². The zero-order chi connectivity index (χ0) is 14.0. The average molecular weight is 339 g/mol. The van der Waals surface area contributed by atoms with Gasteiger partial charge in [-0.2, -0.15) is 13.2 Å². The third kappa shape index (κ3) is 3.60. The number of alkyl halides is 3. The van der Waals surface area contributed by atoms with Crippen molar-refractivity contribution in [3.05, 3.63) is 22.3 Å². The summed E-state index contributed by atoms with van der Waals surface area (Å²) in [7, 11) is 0. The molecule has 0 amide bonds. The lowest BCUT2D eigenvalue weighted by atomic mass is 9.89. The van der Waals surface area contributed by atoms with Gasteiger partial charge in [0, 0.05) is 23.3 Å². The van der Waals surface area contributed by atoms with Crippen LogP contribution in [0.3, 0.4) is 0 Å². The van der Waals surface area contributed by atoms with Crippen molar-refractivity contribution in [2.45, 2.75) is 38.1 Å². The van der Waals surface area contributed by atoms with Gasteiger partial charge in [-0.15, -0.1) is 0 Å². The molecule has 2 rings (SSSR count). The van der Waals surface area contributed by atoms with Gasteiger partial charge in [0.2, 0.25) is 0 Å². The van der Waals surface area contributed by atoms with Crippen molar-refractivity contribution >= 4 is 21.7 Å². The van der Waals surface area contributed by atoms with E-state index >= 15 is 0 Å².